The van der Waals surface area contributed by atoms with Crippen LogP contribution in [0.3, 0.4) is 0 Å². The second-order valence-electron chi connectivity index (χ2n) is 4.72. The van der Waals surface area contributed by atoms with Crippen molar-refractivity contribution in [3.63, 3.8) is 0 Å². The first-order chi connectivity index (χ1) is 9.40. The van der Waals surface area contributed by atoms with E-state index < -0.39 is 4.92 Å². The molecule has 0 aliphatic carbocycles. The first-order valence-electron chi connectivity index (χ1n) is 6.20. The molecule has 0 spiro atoms. The monoisotopic (exact) mass is 276 g/mol. The second kappa shape index (κ2) is 5.28. The predicted octanol–water partition coefficient (Wildman–Crippen LogP) is 3.08. The van der Waals surface area contributed by atoms with Crippen LogP contribution >= 0.6 is 0 Å². The highest BCUT2D eigenvalue weighted by molar-refractivity contribution is 5.50. The van der Waals surface area contributed by atoms with E-state index >= 15 is 0 Å². The number of nitro groups is 1. The fraction of sp³-hybridized carbons (Fsp3) is 0.385. The Labute approximate surface area is 116 Å². The van der Waals surface area contributed by atoms with Gasteiger partial charge in [-0.05, 0) is 27.7 Å². The summed E-state index contributed by atoms with van der Waals surface area (Å²) in [6.45, 7) is 7.28. The molecule has 0 radical (unpaired) electrons. The zero-order valence-electron chi connectivity index (χ0n) is 11.8. The van der Waals surface area contributed by atoms with Gasteiger partial charge in [0.05, 0.1) is 22.7 Å². The average molecular weight is 276 g/mol. The molecule has 20 heavy (non-hydrogen) atoms. The van der Waals surface area contributed by atoms with Gasteiger partial charge in [-0.1, -0.05) is 5.16 Å². The molecular formula is C13H16N4O3. The summed E-state index contributed by atoms with van der Waals surface area (Å²) in [5.74, 6) is 1.18. The van der Waals surface area contributed by atoms with Gasteiger partial charge >= 0.3 is 0 Å². The minimum Gasteiger partial charge on any atom is -0.363 e. The van der Waals surface area contributed by atoms with Gasteiger partial charge < -0.3 is 9.84 Å². The number of anilines is 1. The van der Waals surface area contributed by atoms with Crippen molar-refractivity contribution in [2.45, 2.75) is 33.7 Å². The van der Waals surface area contributed by atoms with Crippen molar-refractivity contribution >= 4 is 11.5 Å². The molecule has 0 saturated carbocycles. The first kappa shape index (κ1) is 14.0. The Morgan fingerprint density at radius 1 is 1.40 bits per heavy atom. The van der Waals surface area contributed by atoms with E-state index in [1.165, 1.54) is 12.3 Å². The number of pyridine rings is 1. The highest BCUT2D eigenvalue weighted by atomic mass is 16.6. The van der Waals surface area contributed by atoms with Crippen LogP contribution in [0.1, 0.15) is 35.5 Å². The Kier molecular flexibility index (Phi) is 3.69. The molecule has 2 aromatic heterocycles. The van der Waals surface area contributed by atoms with Crippen LogP contribution in [-0.2, 0) is 0 Å². The summed E-state index contributed by atoms with van der Waals surface area (Å²) < 4.78 is 5.12. The van der Waals surface area contributed by atoms with Crippen LogP contribution in [0.4, 0.5) is 11.5 Å². The fourth-order valence-corrected chi connectivity index (χ4v) is 2.19. The van der Waals surface area contributed by atoms with E-state index in [-0.39, 0.29) is 11.7 Å². The van der Waals surface area contributed by atoms with Gasteiger partial charge in [0, 0.05) is 17.3 Å². The summed E-state index contributed by atoms with van der Waals surface area (Å²) >= 11 is 0. The number of nitrogens with zero attached hydrogens (tertiary/aromatic N) is 3. The third kappa shape index (κ3) is 2.61. The summed E-state index contributed by atoms with van der Waals surface area (Å²) in [4.78, 5) is 14.7. The third-order valence-corrected chi connectivity index (χ3v) is 3.16. The SMILES string of the molecule is Cc1cnc(NC(C)c2c(C)noc2C)cc1[N+](=O)[O-]. The van der Waals surface area contributed by atoms with Crippen LogP contribution in [0.15, 0.2) is 16.8 Å². The summed E-state index contributed by atoms with van der Waals surface area (Å²) in [5, 5.41) is 17.9. The maximum absolute atomic E-state index is 10.9. The maximum atomic E-state index is 10.9. The molecule has 0 aliphatic heterocycles. The molecule has 0 aliphatic rings. The molecular weight excluding hydrogens is 260 g/mol. The van der Waals surface area contributed by atoms with Gasteiger partial charge in [0.25, 0.3) is 5.69 Å². The van der Waals surface area contributed by atoms with Crippen LogP contribution in [0, 0.1) is 30.9 Å². The number of aromatic nitrogens is 2. The molecule has 0 saturated heterocycles. The summed E-state index contributed by atoms with van der Waals surface area (Å²) in [5.41, 5.74) is 2.32. The van der Waals surface area contributed by atoms with Crippen LogP contribution in [-0.4, -0.2) is 15.1 Å². The van der Waals surface area contributed by atoms with E-state index in [4.69, 9.17) is 4.52 Å². The van der Waals surface area contributed by atoms with Gasteiger partial charge in [-0.25, -0.2) is 4.98 Å². The lowest BCUT2D eigenvalue weighted by atomic mass is 10.1. The van der Waals surface area contributed by atoms with Crippen LogP contribution in [0.2, 0.25) is 0 Å². The quantitative estimate of drug-likeness (QED) is 0.681. The van der Waals surface area contributed by atoms with Gasteiger partial charge in [0.2, 0.25) is 0 Å². The predicted molar refractivity (Wildman–Crippen MR) is 73.6 cm³/mol. The Bertz CT molecular complexity index is 632. The van der Waals surface area contributed by atoms with Gasteiger partial charge in [0.1, 0.15) is 11.6 Å². The highest BCUT2D eigenvalue weighted by Crippen LogP contribution is 2.26. The Balaban J connectivity index is 2.26. The molecule has 0 fully saturated rings. The highest BCUT2D eigenvalue weighted by Gasteiger charge is 2.18. The standard InChI is InChI=1S/C13H16N4O3/c1-7-6-14-12(5-11(7)17(18)19)15-8(2)13-9(3)16-20-10(13)4/h5-6,8H,1-4H3,(H,14,15). The van der Waals surface area contributed by atoms with Crippen molar-refractivity contribution in [3.8, 4) is 0 Å². The lowest BCUT2D eigenvalue weighted by molar-refractivity contribution is -0.385. The summed E-state index contributed by atoms with van der Waals surface area (Å²) in [7, 11) is 0. The van der Waals surface area contributed by atoms with E-state index in [1.807, 2.05) is 20.8 Å². The molecule has 0 amide bonds. The molecule has 106 valence electrons. The van der Waals surface area contributed by atoms with Gasteiger partial charge in [-0.2, -0.15) is 0 Å². The van der Waals surface area contributed by atoms with Gasteiger partial charge in [-0.15, -0.1) is 0 Å². The number of aryl methyl sites for hydroxylation is 3. The van der Waals surface area contributed by atoms with E-state index in [0.717, 1.165) is 17.0 Å². The molecule has 2 aromatic rings. The third-order valence-electron chi connectivity index (χ3n) is 3.16. The van der Waals surface area contributed by atoms with E-state index in [2.05, 4.69) is 15.5 Å². The largest absolute Gasteiger partial charge is 0.363 e. The lowest BCUT2D eigenvalue weighted by Gasteiger charge is -2.14. The molecule has 1 atom stereocenters. The van der Waals surface area contributed by atoms with Crippen molar-refractivity contribution < 1.29 is 9.45 Å². The molecule has 2 rings (SSSR count). The number of hydrogen-bond donors (Lipinski definition) is 1. The van der Waals surface area contributed by atoms with Crippen LogP contribution in [0.5, 0.6) is 0 Å². The van der Waals surface area contributed by atoms with Crippen molar-refractivity contribution in [1.29, 1.82) is 0 Å². The van der Waals surface area contributed by atoms with Crippen molar-refractivity contribution in [1.82, 2.24) is 10.1 Å². The van der Waals surface area contributed by atoms with Crippen LogP contribution < -0.4 is 5.32 Å². The molecule has 2 heterocycles. The minimum atomic E-state index is -0.414. The Morgan fingerprint density at radius 3 is 2.65 bits per heavy atom. The van der Waals surface area contributed by atoms with Gasteiger partial charge in [0.15, 0.2) is 0 Å². The molecule has 1 unspecified atom stereocenters. The number of hydrogen-bond acceptors (Lipinski definition) is 6. The molecule has 7 heteroatoms. The van der Waals surface area contributed by atoms with Crippen molar-refractivity contribution in [3.05, 3.63) is 45.0 Å². The van der Waals surface area contributed by atoms with Gasteiger partial charge in [-0.3, -0.25) is 10.1 Å². The Morgan fingerprint density at radius 2 is 2.10 bits per heavy atom. The topological polar surface area (TPSA) is 94.1 Å². The lowest BCUT2D eigenvalue weighted by Crippen LogP contribution is -2.10. The molecule has 0 aromatic carbocycles. The smallest absolute Gasteiger partial charge is 0.277 e. The van der Waals surface area contributed by atoms with E-state index in [9.17, 15) is 10.1 Å². The molecule has 7 nitrogen and oxygen atoms in total. The zero-order chi connectivity index (χ0) is 14.9. The van der Waals surface area contributed by atoms with Crippen molar-refractivity contribution in [2.24, 2.45) is 0 Å². The Hall–Kier alpha value is -2.44. The first-order valence-corrected chi connectivity index (χ1v) is 6.20. The maximum Gasteiger partial charge on any atom is 0.277 e. The number of nitrogens with one attached hydrogen (secondary N) is 1. The van der Waals surface area contributed by atoms with Crippen LogP contribution in [0.25, 0.3) is 0 Å². The fourth-order valence-electron chi connectivity index (χ4n) is 2.19. The normalized spacial score (nSPS) is 12.2. The average Bonchev–Trinajstić information content (AvgIpc) is 2.71. The summed E-state index contributed by atoms with van der Waals surface area (Å²) in [6.07, 6.45) is 1.49. The van der Waals surface area contributed by atoms with E-state index in [1.54, 1.807) is 6.92 Å². The summed E-state index contributed by atoms with van der Waals surface area (Å²) in [6, 6.07) is 1.33. The van der Waals surface area contributed by atoms with E-state index in [0.29, 0.717) is 11.4 Å². The molecule has 1 N–H and O–H groups in total. The molecule has 0 bridgehead atoms. The van der Waals surface area contributed by atoms with Crippen molar-refractivity contribution in [2.75, 3.05) is 5.32 Å². The number of rotatable bonds is 4. The second-order valence-corrected chi connectivity index (χ2v) is 4.72. The minimum absolute atomic E-state index is 0.0495. The zero-order valence-corrected chi connectivity index (χ0v) is 11.8.